The summed E-state index contributed by atoms with van der Waals surface area (Å²) in [6, 6.07) is 3.81. The standard InChI is InChI=1S/C19H18FN5/c20-19-15(17-10-25-18(21)11-24-17)5-4-14(12-2-1-3-12)16(19)8-13-9-22-6-7-23-13/h4-7,9-12H,1-3,8H2,(H2,21,25). The van der Waals surface area contributed by atoms with Gasteiger partial charge in [-0.05, 0) is 36.0 Å². The van der Waals surface area contributed by atoms with E-state index in [0.717, 1.165) is 24.1 Å². The van der Waals surface area contributed by atoms with Gasteiger partial charge in [0.25, 0.3) is 0 Å². The zero-order chi connectivity index (χ0) is 17.2. The Bertz CT molecular complexity index is 876. The van der Waals surface area contributed by atoms with Crippen molar-refractivity contribution in [3.63, 3.8) is 0 Å². The number of anilines is 1. The molecule has 0 amide bonds. The van der Waals surface area contributed by atoms with Crippen molar-refractivity contribution in [2.75, 3.05) is 5.73 Å². The molecule has 3 aromatic rings. The van der Waals surface area contributed by atoms with Gasteiger partial charge >= 0.3 is 0 Å². The van der Waals surface area contributed by atoms with E-state index < -0.39 is 0 Å². The van der Waals surface area contributed by atoms with Crippen molar-refractivity contribution in [3.8, 4) is 11.3 Å². The van der Waals surface area contributed by atoms with Crippen LogP contribution in [0.4, 0.5) is 10.2 Å². The molecule has 0 unspecified atom stereocenters. The van der Waals surface area contributed by atoms with Crippen molar-refractivity contribution in [2.45, 2.75) is 31.6 Å². The maximum absolute atomic E-state index is 15.4. The maximum Gasteiger partial charge on any atom is 0.141 e. The molecule has 0 saturated heterocycles. The molecule has 6 heteroatoms. The van der Waals surface area contributed by atoms with Gasteiger partial charge in [0, 0.05) is 30.6 Å². The smallest absolute Gasteiger partial charge is 0.141 e. The molecule has 0 aliphatic heterocycles. The highest BCUT2D eigenvalue weighted by Gasteiger charge is 2.26. The predicted molar refractivity (Wildman–Crippen MR) is 93.3 cm³/mol. The lowest BCUT2D eigenvalue weighted by Gasteiger charge is -2.28. The van der Waals surface area contributed by atoms with E-state index in [9.17, 15) is 0 Å². The monoisotopic (exact) mass is 335 g/mol. The van der Waals surface area contributed by atoms with Gasteiger partial charge in [0.2, 0.25) is 0 Å². The molecule has 1 aromatic carbocycles. The normalized spacial score (nSPS) is 14.3. The second kappa shape index (κ2) is 6.55. The summed E-state index contributed by atoms with van der Waals surface area (Å²) in [5, 5.41) is 0. The van der Waals surface area contributed by atoms with Crippen LogP contribution in [0.3, 0.4) is 0 Å². The molecule has 2 heterocycles. The number of nitrogen functional groups attached to an aromatic ring is 1. The Labute approximate surface area is 145 Å². The number of nitrogens with zero attached hydrogens (tertiary/aromatic N) is 4. The van der Waals surface area contributed by atoms with E-state index in [4.69, 9.17) is 5.73 Å². The average molecular weight is 335 g/mol. The van der Waals surface area contributed by atoms with Crippen molar-refractivity contribution in [3.05, 3.63) is 65.8 Å². The van der Waals surface area contributed by atoms with Crippen LogP contribution in [0, 0.1) is 5.82 Å². The fraction of sp³-hybridized carbons (Fsp3) is 0.263. The van der Waals surface area contributed by atoms with Gasteiger partial charge in [-0.15, -0.1) is 0 Å². The summed E-state index contributed by atoms with van der Waals surface area (Å²) >= 11 is 0. The fourth-order valence-electron chi connectivity index (χ4n) is 3.19. The van der Waals surface area contributed by atoms with Gasteiger partial charge in [-0.3, -0.25) is 15.0 Å². The van der Waals surface area contributed by atoms with Gasteiger partial charge < -0.3 is 5.73 Å². The van der Waals surface area contributed by atoms with Crippen molar-refractivity contribution in [1.29, 1.82) is 0 Å². The highest BCUT2D eigenvalue weighted by atomic mass is 19.1. The number of rotatable bonds is 4. The molecule has 0 spiro atoms. The summed E-state index contributed by atoms with van der Waals surface area (Å²) in [4.78, 5) is 16.6. The zero-order valence-corrected chi connectivity index (χ0v) is 13.7. The van der Waals surface area contributed by atoms with E-state index >= 15 is 4.39 Å². The Hall–Kier alpha value is -2.89. The van der Waals surface area contributed by atoms with E-state index in [0.29, 0.717) is 35.0 Å². The summed E-state index contributed by atoms with van der Waals surface area (Å²) < 4.78 is 15.4. The Morgan fingerprint density at radius 2 is 1.92 bits per heavy atom. The van der Waals surface area contributed by atoms with Crippen molar-refractivity contribution >= 4 is 5.82 Å². The Morgan fingerprint density at radius 1 is 1.04 bits per heavy atom. The Balaban J connectivity index is 1.79. The molecule has 2 N–H and O–H groups in total. The van der Waals surface area contributed by atoms with Gasteiger partial charge in [0.05, 0.1) is 23.8 Å². The van der Waals surface area contributed by atoms with Crippen LogP contribution >= 0.6 is 0 Å². The first-order valence-electron chi connectivity index (χ1n) is 8.36. The third-order valence-electron chi connectivity index (χ3n) is 4.75. The first kappa shape index (κ1) is 15.6. The minimum absolute atomic E-state index is 0.255. The van der Waals surface area contributed by atoms with Crippen LogP contribution in [0.1, 0.15) is 42.0 Å². The second-order valence-electron chi connectivity index (χ2n) is 6.32. The molecule has 0 bridgehead atoms. The topological polar surface area (TPSA) is 77.6 Å². The molecule has 0 atom stereocenters. The van der Waals surface area contributed by atoms with Crippen molar-refractivity contribution in [1.82, 2.24) is 19.9 Å². The molecule has 5 nitrogen and oxygen atoms in total. The molecule has 25 heavy (non-hydrogen) atoms. The molecule has 1 saturated carbocycles. The summed E-state index contributed by atoms with van der Waals surface area (Å²) in [6.07, 6.45) is 11.7. The number of halogens is 1. The number of hydrogen-bond acceptors (Lipinski definition) is 5. The summed E-state index contributed by atoms with van der Waals surface area (Å²) in [6.45, 7) is 0. The number of hydrogen-bond donors (Lipinski definition) is 1. The lowest BCUT2D eigenvalue weighted by Crippen LogP contribution is -2.13. The molecule has 2 aromatic heterocycles. The molecular weight excluding hydrogens is 317 g/mol. The molecule has 0 radical (unpaired) electrons. The molecule has 126 valence electrons. The van der Waals surface area contributed by atoms with Crippen LogP contribution < -0.4 is 5.73 Å². The van der Waals surface area contributed by atoms with Crippen molar-refractivity contribution in [2.24, 2.45) is 0 Å². The Morgan fingerprint density at radius 3 is 2.56 bits per heavy atom. The zero-order valence-electron chi connectivity index (χ0n) is 13.7. The van der Waals surface area contributed by atoms with E-state index in [1.807, 2.05) is 6.07 Å². The van der Waals surface area contributed by atoms with Gasteiger partial charge in [-0.2, -0.15) is 0 Å². The number of aromatic nitrogens is 4. The first-order chi connectivity index (χ1) is 12.2. The summed E-state index contributed by atoms with van der Waals surface area (Å²) in [5.41, 5.74) is 9.01. The first-order valence-corrected chi connectivity index (χ1v) is 8.36. The van der Waals surface area contributed by atoms with Gasteiger partial charge in [0.1, 0.15) is 11.6 Å². The molecular formula is C19H18FN5. The van der Waals surface area contributed by atoms with Crippen LogP contribution in [-0.4, -0.2) is 19.9 Å². The number of nitrogens with two attached hydrogens (primary N) is 1. The Kier molecular flexibility index (Phi) is 4.09. The van der Waals surface area contributed by atoms with Crippen LogP contribution in [0.25, 0.3) is 11.3 Å². The van der Waals surface area contributed by atoms with Gasteiger partial charge in [0.15, 0.2) is 0 Å². The van der Waals surface area contributed by atoms with Crippen LogP contribution in [0.2, 0.25) is 0 Å². The third-order valence-corrected chi connectivity index (χ3v) is 4.75. The third kappa shape index (κ3) is 3.07. The molecule has 1 aliphatic carbocycles. The maximum atomic E-state index is 15.4. The average Bonchev–Trinajstić information content (AvgIpc) is 2.59. The second-order valence-corrected chi connectivity index (χ2v) is 6.32. The fourth-order valence-corrected chi connectivity index (χ4v) is 3.19. The SMILES string of the molecule is Nc1cnc(-c2ccc(C3CCC3)c(Cc3cnccn3)c2F)cn1. The highest BCUT2D eigenvalue weighted by Crippen LogP contribution is 2.40. The lowest BCUT2D eigenvalue weighted by atomic mass is 9.77. The molecule has 1 fully saturated rings. The number of benzene rings is 1. The highest BCUT2D eigenvalue weighted by molar-refractivity contribution is 5.62. The predicted octanol–water partition coefficient (Wildman–Crippen LogP) is 3.51. The van der Waals surface area contributed by atoms with Crippen LogP contribution in [0.5, 0.6) is 0 Å². The quantitative estimate of drug-likeness (QED) is 0.789. The minimum atomic E-state index is -0.255. The summed E-state index contributed by atoms with van der Waals surface area (Å²) in [5.74, 6) is 0.483. The van der Waals surface area contributed by atoms with E-state index in [2.05, 4.69) is 19.9 Å². The van der Waals surface area contributed by atoms with E-state index in [1.54, 1.807) is 24.7 Å². The van der Waals surface area contributed by atoms with Gasteiger partial charge in [-0.1, -0.05) is 12.5 Å². The van der Waals surface area contributed by atoms with Crippen molar-refractivity contribution < 1.29 is 4.39 Å². The molecule has 1 aliphatic rings. The van der Waals surface area contributed by atoms with Gasteiger partial charge in [-0.25, -0.2) is 9.37 Å². The minimum Gasteiger partial charge on any atom is -0.382 e. The van der Waals surface area contributed by atoms with E-state index in [1.165, 1.54) is 18.8 Å². The van der Waals surface area contributed by atoms with E-state index in [-0.39, 0.29) is 5.82 Å². The van der Waals surface area contributed by atoms with Crippen LogP contribution in [-0.2, 0) is 6.42 Å². The molecule has 4 rings (SSSR count). The van der Waals surface area contributed by atoms with Crippen LogP contribution in [0.15, 0.2) is 43.1 Å². The largest absolute Gasteiger partial charge is 0.382 e. The summed E-state index contributed by atoms with van der Waals surface area (Å²) in [7, 11) is 0. The lowest BCUT2D eigenvalue weighted by molar-refractivity contribution is 0.415.